The van der Waals surface area contributed by atoms with Gasteiger partial charge in [0.2, 0.25) is 0 Å². The number of nitrogens with one attached hydrogen (secondary N) is 1. The number of hydrogen-bond donors (Lipinski definition) is 2. The molecule has 0 bridgehead atoms. The highest BCUT2D eigenvalue weighted by Gasteiger charge is 2.13. The summed E-state index contributed by atoms with van der Waals surface area (Å²) in [6.45, 7) is 5.28. The third-order valence-corrected chi connectivity index (χ3v) is 4.61. The van der Waals surface area contributed by atoms with Crippen LogP contribution >= 0.6 is 0 Å². The van der Waals surface area contributed by atoms with Crippen molar-refractivity contribution < 1.29 is 4.79 Å². The first-order valence-electron chi connectivity index (χ1n) is 8.61. The van der Waals surface area contributed by atoms with Gasteiger partial charge >= 0.3 is 0 Å². The maximum Gasteiger partial charge on any atom is 0.257 e. The van der Waals surface area contributed by atoms with Crippen molar-refractivity contribution in [2.45, 2.75) is 32.7 Å². The van der Waals surface area contributed by atoms with E-state index in [9.17, 15) is 4.79 Å². The maximum atomic E-state index is 12.5. The van der Waals surface area contributed by atoms with Gasteiger partial charge in [-0.1, -0.05) is 30.7 Å². The molecule has 4 nitrogen and oxygen atoms in total. The number of aryl methyl sites for hydroxylation is 1. The van der Waals surface area contributed by atoms with Crippen molar-refractivity contribution in [2.75, 3.05) is 24.1 Å². The molecule has 24 heavy (non-hydrogen) atoms. The second-order valence-electron chi connectivity index (χ2n) is 6.53. The number of rotatable bonds is 4. The molecule has 0 saturated carbocycles. The normalized spacial score (nSPS) is 15.2. The predicted molar refractivity (Wildman–Crippen MR) is 99.1 cm³/mol. The Morgan fingerprint density at radius 1 is 1.12 bits per heavy atom. The van der Waals surface area contributed by atoms with Crippen molar-refractivity contribution in [3.8, 4) is 0 Å². The van der Waals surface area contributed by atoms with E-state index >= 15 is 0 Å². The molecule has 0 unspecified atom stereocenters. The molecule has 3 N–H and O–H groups in total. The highest BCUT2D eigenvalue weighted by atomic mass is 16.1. The topological polar surface area (TPSA) is 58.4 Å². The largest absolute Gasteiger partial charge is 0.398 e. The van der Waals surface area contributed by atoms with Crippen molar-refractivity contribution in [3.63, 3.8) is 0 Å². The summed E-state index contributed by atoms with van der Waals surface area (Å²) in [4.78, 5) is 15.0. The van der Waals surface area contributed by atoms with Gasteiger partial charge in [-0.05, 0) is 62.2 Å². The zero-order valence-electron chi connectivity index (χ0n) is 14.2. The first-order chi connectivity index (χ1) is 11.6. The third-order valence-electron chi connectivity index (χ3n) is 4.61. The quantitative estimate of drug-likeness (QED) is 0.841. The Labute approximate surface area is 143 Å². The van der Waals surface area contributed by atoms with E-state index < -0.39 is 0 Å². The predicted octanol–water partition coefficient (Wildman–Crippen LogP) is 3.82. The van der Waals surface area contributed by atoms with Crippen LogP contribution in [0.4, 0.5) is 11.4 Å². The van der Waals surface area contributed by atoms with Gasteiger partial charge < -0.3 is 11.1 Å². The lowest BCUT2D eigenvalue weighted by molar-refractivity contribution is 0.102. The molecule has 0 spiro atoms. The van der Waals surface area contributed by atoms with Crippen LogP contribution in [-0.4, -0.2) is 23.9 Å². The Bertz CT molecular complexity index is 721. The van der Waals surface area contributed by atoms with E-state index in [-0.39, 0.29) is 5.91 Å². The van der Waals surface area contributed by atoms with Gasteiger partial charge in [-0.2, -0.15) is 0 Å². The molecular formula is C20H25N3O. The molecule has 1 aliphatic heterocycles. The summed E-state index contributed by atoms with van der Waals surface area (Å²) in [5, 5.41) is 3.01. The number of amides is 1. The Hall–Kier alpha value is -2.33. The van der Waals surface area contributed by atoms with E-state index in [2.05, 4.69) is 28.4 Å². The van der Waals surface area contributed by atoms with Gasteiger partial charge in [-0.3, -0.25) is 9.69 Å². The fourth-order valence-corrected chi connectivity index (χ4v) is 3.17. The van der Waals surface area contributed by atoms with Crippen LogP contribution in [0.25, 0.3) is 0 Å². The summed E-state index contributed by atoms with van der Waals surface area (Å²) in [6.07, 6.45) is 3.90. The number of hydrogen-bond acceptors (Lipinski definition) is 3. The lowest BCUT2D eigenvalue weighted by Crippen LogP contribution is -2.29. The van der Waals surface area contributed by atoms with Crippen LogP contribution in [0.15, 0.2) is 42.5 Å². The summed E-state index contributed by atoms with van der Waals surface area (Å²) in [5.41, 5.74) is 10.1. The fourth-order valence-electron chi connectivity index (χ4n) is 3.17. The van der Waals surface area contributed by atoms with Crippen molar-refractivity contribution in [2.24, 2.45) is 0 Å². The molecule has 1 saturated heterocycles. The molecular weight excluding hydrogens is 298 g/mol. The molecule has 126 valence electrons. The fraction of sp³-hybridized carbons (Fsp3) is 0.350. The summed E-state index contributed by atoms with van der Waals surface area (Å²) >= 11 is 0. The third kappa shape index (κ3) is 3.95. The smallest absolute Gasteiger partial charge is 0.257 e. The lowest BCUT2D eigenvalue weighted by atomic mass is 10.1. The number of nitrogens with two attached hydrogens (primary N) is 1. The molecule has 2 aromatic carbocycles. The van der Waals surface area contributed by atoms with E-state index in [1.807, 2.05) is 19.1 Å². The number of carbonyl (C=O) groups is 1. The number of likely N-dealkylation sites (tertiary alicyclic amines) is 1. The zero-order chi connectivity index (χ0) is 16.9. The highest BCUT2D eigenvalue weighted by molar-refractivity contribution is 6.08. The molecule has 1 heterocycles. The number of piperidine rings is 1. The number of benzene rings is 2. The minimum atomic E-state index is -0.161. The molecule has 4 heteroatoms. The van der Waals surface area contributed by atoms with Gasteiger partial charge in [-0.25, -0.2) is 0 Å². The number of carbonyl (C=O) groups excluding carboxylic acids is 1. The average molecular weight is 323 g/mol. The lowest BCUT2D eigenvalue weighted by Gasteiger charge is -2.26. The molecule has 3 rings (SSSR count). The first-order valence-corrected chi connectivity index (χ1v) is 8.61. The van der Waals surface area contributed by atoms with E-state index in [4.69, 9.17) is 5.73 Å². The Balaban J connectivity index is 1.74. The van der Waals surface area contributed by atoms with Crippen LogP contribution in [0.1, 0.15) is 40.7 Å². The minimum Gasteiger partial charge on any atom is -0.398 e. The molecule has 2 aromatic rings. The highest BCUT2D eigenvalue weighted by Crippen LogP contribution is 2.21. The summed E-state index contributed by atoms with van der Waals surface area (Å²) in [5.74, 6) is -0.161. The van der Waals surface area contributed by atoms with E-state index in [0.29, 0.717) is 11.3 Å². The maximum absolute atomic E-state index is 12.5. The van der Waals surface area contributed by atoms with Gasteiger partial charge in [-0.15, -0.1) is 0 Å². The molecule has 0 radical (unpaired) electrons. The number of nitrogen functional groups attached to an aromatic ring is 1. The monoisotopic (exact) mass is 323 g/mol. The van der Waals surface area contributed by atoms with E-state index in [1.165, 1.54) is 24.8 Å². The Kier molecular flexibility index (Phi) is 5.16. The SMILES string of the molecule is Cc1ccc(CN2CCCCC2)cc1NC(=O)c1ccccc1N. The van der Waals surface area contributed by atoms with Crippen LogP contribution < -0.4 is 11.1 Å². The van der Waals surface area contributed by atoms with Crippen LogP contribution in [0.2, 0.25) is 0 Å². The molecule has 1 amide bonds. The van der Waals surface area contributed by atoms with Gasteiger partial charge in [0.25, 0.3) is 5.91 Å². The van der Waals surface area contributed by atoms with Crippen molar-refractivity contribution in [3.05, 3.63) is 59.2 Å². The van der Waals surface area contributed by atoms with Crippen LogP contribution in [0.3, 0.4) is 0 Å². The molecule has 0 atom stereocenters. The molecule has 1 fully saturated rings. The van der Waals surface area contributed by atoms with E-state index in [0.717, 1.165) is 30.9 Å². The number of nitrogens with zero attached hydrogens (tertiary/aromatic N) is 1. The van der Waals surface area contributed by atoms with Crippen molar-refractivity contribution in [1.82, 2.24) is 4.90 Å². The standard InChI is InChI=1S/C20H25N3O/c1-15-9-10-16(14-23-11-5-2-6-12-23)13-19(15)22-20(24)17-7-3-4-8-18(17)21/h3-4,7-10,13H,2,5-6,11-12,14,21H2,1H3,(H,22,24). The van der Waals surface area contributed by atoms with Gasteiger partial charge in [0.1, 0.15) is 0 Å². The Morgan fingerprint density at radius 2 is 1.88 bits per heavy atom. The summed E-state index contributed by atoms with van der Waals surface area (Å²) < 4.78 is 0. The average Bonchev–Trinajstić information content (AvgIpc) is 2.59. The van der Waals surface area contributed by atoms with Crippen molar-refractivity contribution in [1.29, 1.82) is 0 Å². The molecule has 0 aliphatic carbocycles. The summed E-state index contributed by atoms with van der Waals surface area (Å²) in [7, 11) is 0. The second kappa shape index (κ2) is 7.49. The first kappa shape index (κ1) is 16.5. The van der Waals surface area contributed by atoms with Gasteiger partial charge in [0, 0.05) is 17.9 Å². The minimum absolute atomic E-state index is 0.161. The van der Waals surface area contributed by atoms with Gasteiger partial charge in [0.05, 0.1) is 5.56 Å². The second-order valence-corrected chi connectivity index (χ2v) is 6.53. The number of anilines is 2. The Morgan fingerprint density at radius 3 is 2.62 bits per heavy atom. The van der Waals surface area contributed by atoms with E-state index in [1.54, 1.807) is 12.1 Å². The number of para-hydroxylation sites is 1. The summed E-state index contributed by atoms with van der Waals surface area (Å²) in [6, 6.07) is 13.5. The van der Waals surface area contributed by atoms with Gasteiger partial charge in [0.15, 0.2) is 0 Å². The van der Waals surface area contributed by atoms with Crippen LogP contribution in [0.5, 0.6) is 0 Å². The zero-order valence-corrected chi connectivity index (χ0v) is 14.2. The van der Waals surface area contributed by atoms with Crippen LogP contribution in [0, 0.1) is 6.92 Å². The molecule has 0 aromatic heterocycles. The molecule has 1 aliphatic rings. The van der Waals surface area contributed by atoms with Crippen LogP contribution in [-0.2, 0) is 6.54 Å². The van der Waals surface area contributed by atoms with Crippen molar-refractivity contribution >= 4 is 17.3 Å².